The number of hydrogen-bond acceptors (Lipinski definition) is 2. The van der Waals surface area contributed by atoms with Gasteiger partial charge in [0.05, 0.1) is 13.2 Å². The fraction of sp³-hybridized carbons (Fsp3) is 0.364. The molecule has 0 spiro atoms. The quantitative estimate of drug-likeness (QED) is 0.794. The summed E-state index contributed by atoms with van der Waals surface area (Å²) in [5.74, 6) is 0. The van der Waals surface area contributed by atoms with Crippen molar-refractivity contribution in [2.75, 3.05) is 32.8 Å². The summed E-state index contributed by atoms with van der Waals surface area (Å²) in [6.45, 7) is 13.2. The van der Waals surface area contributed by atoms with Gasteiger partial charge in [-0.1, -0.05) is 87.2 Å². The molecule has 24 heavy (non-hydrogen) atoms. The number of rotatable bonds is 3. The fourth-order valence-corrected chi connectivity index (χ4v) is 2.22. The Morgan fingerprint density at radius 2 is 1.46 bits per heavy atom. The molecule has 0 saturated carbocycles. The number of likely N-dealkylation sites (N-methyl/N-ethyl adjacent to an activating group) is 1. The Kier molecular flexibility index (Phi) is 11.4. The number of hydrogen-bond donors (Lipinski definition) is 0. The summed E-state index contributed by atoms with van der Waals surface area (Å²) < 4.78 is 5.16. The summed E-state index contributed by atoms with van der Waals surface area (Å²) >= 11 is 0. The van der Waals surface area contributed by atoms with Crippen molar-refractivity contribution in [3.05, 3.63) is 78.4 Å². The van der Waals surface area contributed by atoms with Crippen LogP contribution in [0.3, 0.4) is 0 Å². The fourth-order valence-electron chi connectivity index (χ4n) is 2.22. The maximum Gasteiger partial charge on any atom is 0.0594 e. The van der Waals surface area contributed by atoms with E-state index >= 15 is 0 Å². The van der Waals surface area contributed by atoms with Crippen LogP contribution in [0.1, 0.15) is 25.0 Å². The number of nitrogens with zero attached hydrogens (tertiary/aromatic N) is 1. The van der Waals surface area contributed by atoms with E-state index in [2.05, 4.69) is 49.6 Å². The molecule has 3 rings (SSSR count). The van der Waals surface area contributed by atoms with E-state index in [1.165, 1.54) is 17.7 Å². The van der Waals surface area contributed by atoms with Gasteiger partial charge in [0.1, 0.15) is 0 Å². The monoisotopic (exact) mass is 325 g/mol. The molecule has 0 amide bonds. The van der Waals surface area contributed by atoms with Crippen molar-refractivity contribution in [3.63, 3.8) is 0 Å². The third-order valence-electron chi connectivity index (χ3n) is 3.84. The Morgan fingerprint density at radius 3 is 1.79 bits per heavy atom. The van der Waals surface area contributed by atoms with Crippen LogP contribution in [-0.2, 0) is 11.2 Å². The van der Waals surface area contributed by atoms with Crippen molar-refractivity contribution in [1.29, 1.82) is 0 Å². The van der Waals surface area contributed by atoms with Crippen molar-refractivity contribution >= 4 is 6.08 Å². The predicted octanol–water partition coefficient (Wildman–Crippen LogP) is 4.92. The van der Waals surface area contributed by atoms with Crippen LogP contribution in [0.15, 0.2) is 67.2 Å². The Labute approximate surface area is 147 Å². The molecule has 0 radical (unpaired) electrons. The highest BCUT2D eigenvalue weighted by Crippen LogP contribution is 1.98. The third-order valence-corrected chi connectivity index (χ3v) is 3.84. The number of aryl methyl sites for hydroxylation is 1. The van der Waals surface area contributed by atoms with Crippen molar-refractivity contribution in [2.45, 2.75) is 20.3 Å². The molecule has 2 aromatic carbocycles. The van der Waals surface area contributed by atoms with Gasteiger partial charge in [-0.25, -0.2) is 0 Å². The standard InChI is InChI=1S/C8H10.C8H8.C6H13NO/c2*1-2-8-6-4-3-5-7-8;1-2-7-3-5-8-6-4-7/h3-7H,2H2,1H3;2-7H,1H2;2-6H2,1H3. The second-order valence-electron chi connectivity index (χ2n) is 5.50. The van der Waals surface area contributed by atoms with E-state index in [1.807, 2.05) is 42.5 Å². The largest absolute Gasteiger partial charge is 0.379 e. The van der Waals surface area contributed by atoms with E-state index in [4.69, 9.17) is 4.74 Å². The zero-order valence-corrected chi connectivity index (χ0v) is 15.2. The zero-order chi connectivity index (χ0) is 17.5. The molecule has 130 valence electrons. The van der Waals surface area contributed by atoms with Gasteiger partial charge in [0.15, 0.2) is 0 Å². The minimum atomic E-state index is 0.924. The highest BCUT2D eigenvalue weighted by molar-refractivity contribution is 5.45. The molecule has 2 heteroatoms. The van der Waals surface area contributed by atoms with Gasteiger partial charge in [-0.2, -0.15) is 0 Å². The second kappa shape index (κ2) is 13.5. The van der Waals surface area contributed by atoms with Crippen molar-refractivity contribution in [1.82, 2.24) is 4.90 Å². The summed E-state index contributed by atoms with van der Waals surface area (Å²) in [5.41, 5.74) is 2.58. The lowest BCUT2D eigenvalue weighted by molar-refractivity contribution is 0.0405. The SMILES string of the molecule is C=Cc1ccccc1.CCN1CCOCC1.CCc1ccccc1. The van der Waals surface area contributed by atoms with Crippen LogP contribution < -0.4 is 0 Å². The van der Waals surface area contributed by atoms with E-state index in [-0.39, 0.29) is 0 Å². The molecular formula is C22H31NO. The smallest absolute Gasteiger partial charge is 0.0594 e. The first-order valence-corrected chi connectivity index (χ1v) is 8.81. The van der Waals surface area contributed by atoms with Gasteiger partial charge in [-0.15, -0.1) is 0 Å². The predicted molar refractivity (Wildman–Crippen MR) is 105 cm³/mol. The molecule has 1 fully saturated rings. The molecule has 0 aliphatic carbocycles. The molecule has 0 atom stereocenters. The zero-order valence-electron chi connectivity index (χ0n) is 15.2. The molecule has 0 aromatic heterocycles. The van der Waals surface area contributed by atoms with Gasteiger partial charge >= 0.3 is 0 Å². The minimum Gasteiger partial charge on any atom is -0.379 e. The van der Waals surface area contributed by atoms with E-state index in [1.54, 1.807) is 0 Å². The Morgan fingerprint density at radius 1 is 0.917 bits per heavy atom. The van der Waals surface area contributed by atoms with Crippen molar-refractivity contribution in [2.24, 2.45) is 0 Å². The molecule has 0 bridgehead atoms. The van der Waals surface area contributed by atoms with Crippen LogP contribution >= 0.6 is 0 Å². The van der Waals surface area contributed by atoms with Crippen LogP contribution in [0.25, 0.3) is 6.08 Å². The summed E-state index contributed by atoms with van der Waals surface area (Å²) in [4.78, 5) is 2.39. The lowest BCUT2D eigenvalue weighted by Gasteiger charge is -2.24. The summed E-state index contributed by atoms with van der Waals surface area (Å²) in [5, 5.41) is 0. The van der Waals surface area contributed by atoms with Crippen molar-refractivity contribution in [3.8, 4) is 0 Å². The lowest BCUT2D eigenvalue weighted by Crippen LogP contribution is -2.35. The Hall–Kier alpha value is -1.90. The molecule has 0 unspecified atom stereocenters. The number of morpholine rings is 1. The maximum atomic E-state index is 5.16. The molecule has 1 aliphatic rings. The summed E-state index contributed by atoms with van der Waals surface area (Å²) in [6, 6.07) is 20.5. The lowest BCUT2D eigenvalue weighted by atomic mass is 10.2. The molecule has 1 heterocycles. The molecule has 2 nitrogen and oxygen atoms in total. The van der Waals surface area contributed by atoms with Gasteiger partial charge in [0.2, 0.25) is 0 Å². The van der Waals surface area contributed by atoms with Gasteiger partial charge < -0.3 is 4.74 Å². The van der Waals surface area contributed by atoms with E-state index in [9.17, 15) is 0 Å². The first kappa shape index (κ1) is 20.1. The van der Waals surface area contributed by atoms with Crippen LogP contribution in [0.4, 0.5) is 0 Å². The van der Waals surface area contributed by atoms with Crippen LogP contribution in [0.5, 0.6) is 0 Å². The first-order valence-electron chi connectivity index (χ1n) is 8.81. The molecular weight excluding hydrogens is 294 g/mol. The van der Waals surface area contributed by atoms with Gasteiger partial charge in [-0.05, 0) is 24.1 Å². The van der Waals surface area contributed by atoms with Crippen LogP contribution in [0.2, 0.25) is 0 Å². The summed E-state index contributed by atoms with van der Waals surface area (Å²) in [6.07, 6.45) is 2.97. The second-order valence-corrected chi connectivity index (χ2v) is 5.50. The first-order chi connectivity index (χ1) is 11.8. The topological polar surface area (TPSA) is 12.5 Å². The highest BCUT2D eigenvalue weighted by Gasteiger charge is 2.05. The third kappa shape index (κ3) is 9.29. The molecule has 0 N–H and O–H groups in total. The Bertz CT molecular complexity index is 518. The highest BCUT2D eigenvalue weighted by atomic mass is 16.5. The molecule has 2 aromatic rings. The van der Waals surface area contributed by atoms with E-state index in [0.717, 1.165) is 32.7 Å². The average Bonchev–Trinajstić information content (AvgIpc) is 2.71. The van der Waals surface area contributed by atoms with E-state index in [0.29, 0.717) is 0 Å². The number of ether oxygens (including phenoxy) is 1. The van der Waals surface area contributed by atoms with Gasteiger partial charge in [-0.3, -0.25) is 4.90 Å². The maximum absolute atomic E-state index is 5.16. The average molecular weight is 325 g/mol. The minimum absolute atomic E-state index is 0.924. The van der Waals surface area contributed by atoms with Gasteiger partial charge in [0.25, 0.3) is 0 Å². The molecule has 1 saturated heterocycles. The summed E-state index contributed by atoms with van der Waals surface area (Å²) in [7, 11) is 0. The molecule has 1 aliphatic heterocycles. The van der Waals surface area contributed by atoms with Crippen LogP contribution in [-0.4, -0.2) is 37.7 Å². The van der Waals surface area contributed by atoms with Crippen molar-refractivity contribution < 1.29 is 4.74 Å². The number of benzene rings is 2. The Balaban J connectivity index is 0.000000180. The van der Waals surface area contributed by atoms with Gasteiger partial charge in [0, 0.05) is 13.1 Å². The van der Waals surface area contributed by atoms with Crippen LogP contribution in [0, 0.1) is 0 Å². The normalized spacial score (nSPS) is 13.8. The van der Waals surface area contributed by atoms with E-state index < -0.39 is 0 Å².